The third kappa shape index (κ3) is 4.23. The van der Waals surface area contributed by atoms with Crippen LogP contribution in [0.3, 0.4) is 0 Å². The van der Waals surface area contributed by atoms with Crippen molar-refractivity contribution in [1.82, 2.24) is 14.9 Å². The van der Waals surface area contributed by atoms with Crippen LogP contribution in [0.1, 0.15) is 24.2 Å². The van der Waals surface area contributed by atoms with Crippen LogP contribution >= 0.6 is 0 Å². The van der Waals surface area contributed by atoms with Gasteiger partial charge in [0, 0.05) is 56.7 Å². The molecule has 2 aromatic rings. The molecule has 0 unspecified atom stereocenters. The van der Waals surface area contributed by atoms with E-state index in [4.69, 9.17) is 0 Å². The van der Waals surface area contributed by atoms with Crippen molar-refractivity contribution in [3.8, 4) is 0 Å². The predicted octanol–water partition coefficient (Wildman–Crippen LogP) is 1.83. The number of hydrogen-bond acceptors (Lipinski definition) is 6. The van der Waals surface area contributed by atoms with Crippen LogP contribution in [0.4, 0.5) is 11.6 Å². The number of rotatable bonds is 5. The molecule has 0 aliphatic carbocycles. The van der Waals surface area contributed by atoms with E-state index in [-0.39, 0.29) is 17.7 Å². The number of anilines is 2. The molecule has 1 saturated heterocycles. The summed E-state index contributed by atoms with van der Waals surface area (Å²) in [6, 6.07) is 8.65. The number of amides is 1. The van der Waals surface area contributed by atoms with Gasteiger partial charge in [-0.05, 0) is 37.3 Å². The van der Waals surface area contributed by atoms with Gasteiger partial charge in [0.15, 0.2) is 5.78 Å². The zero-order valence-corrected chi connectivity index (χ0v) is 15.1. The van der Waals surface area contributed by atoms with Crippen LogP contribution in [0.5, 0.6) is 0 Å². The number of benzene rings is 1. The molecule has 0 bridgehead atoms. The number of Topliss-reactive ketones (excluding diaryl/α,β-unsaturated/α-hetero) is 1. The van der Waals surface area contributed by atoms with Crippen molar-refractivity contribution in [3.05, 3.63) is 48.3 Å². The molecule has 1 aliphatic rings. The van der Waals surface area contributed by atoms with Gasteiger partial charge in [0.1, 0.15) is 0 Å². The first-order valence-electron chi connectivity index (χ1n) is 8.72. The second-order valence-corrected chi connectivity index (χ2v) is 6.37. The Morgan fingerprint density at radius 3 is 2.23 bits per heavy atom. The fourth-order valence-electron chi connectivity index (χ4n) is 3.09. The average molecular weight is 353 g/mol. The first-order valence-corrected chi connectivity index (χ1v) is 8.72. The first kappa shape index (κ1) is 18.0. The summed E-state index contributed by atoms with van der Waals surface area (Å²) in [7, 11) is 0. The van der Waals surface area contributed by atoms with Gasteiger partial charge in [0.2, 0.25) is 11.9 Å². The molecule has 1 aromatic carbocycles. The summed E-state index contributed by atoms with van der Waals surface area (Å²) in [4.78, 5) is 36.7. The zero-order chi connectivity index (χ0) is 18.5. The fraction of sp³-hybridized carbons (Fsp3) is 0.368. The molecule has 1 aromatic heterocycles. The van der Waals surface area contributed by atoms with Crippen molar-refractivity contribution in [2.75, 3.05) is 36.4 Å². The summed E-state index contributed by atoms with van der Waals surface area (Å²) in [5, 5.41) is 2.71. The summed E-state index contributed by atoms with van der Waals surface area (Å²) < 4.78 is 0. The molecule has 136 valence electrons. The summed E-state index contributed by atoms with van der Waals surface area (Å²) in [5.41, 5.74) is 1.35. The Hall–Kier alpha value is -2.80. The summed E-state index contributed by atoms with van der Waals surface area (Å²) in [6.07, 6.45) is 3.48. The Morgan fingerprint density at radius 2 is 1.65 bits per heavy atom. The number of aromatic nitrogens is 2. The van der Waals surface area contributed by atoms with Gasteiger partial charge < -0.3 is 10.2 Å². The van der Waals surface area contributed by atoms with Crippen LogP contribution in [0.15, 0.2) is 42.7 Å². The molecule has 0 radical (unpaired) electrons. The summed E-state index contributed by atoms with van der Waals surface area (Å²) in [5.74, 6) is 0.696. The van der Waals surface area contributed by atoms with Crippen molar-refractivity contribution in [3.63, 3.8) is 0 Å². The fourth-order valence-corrected chi connectivity index (χ4v) is 3.09. The van der Waals surface area contributed by atoms with Crippen molar-refractivity contribution >= 4 is 23.3 Å². The summed E-state index contributed by atoms with van der Waals surface area (Å²) in [6.45, 7) is 6.57. The quantitative estimate of drug-likeness (QED) is 0.826. The van der Waals surface area contributed by atoms with E-state index in [0.717, 1.165) is 32.1 Å². The third-order valence-corrected chi connectivity index (χ3v) is 4.57. The lowest BCUT2D eigenvalue weighted by Crippen LogP contribution is -2.52. The van der Waals surface area contributed by atoms with E-state index in [9.17, 15) is 9.59 Å². The van der Waals surface area contributed by atoms with E-state index < -0.39 is 0 Å². The third-order valence-electron chi connectivity index (χ3n) is 4.57. The Balaban J connectivity index is 1.58. The van der Waals surface area contributed by atoms with Crippen LogP contribution in [0.2, 0.25) is 0 Å². The molecule has 0 spiro atoms. The topological polar surface area (TPSA) is 78.4 Å². The molecule has 1 aliphatic heterocycles. The minimum Gasteiger partial charge on any atom is -0.338 e. The number of carbonyl (C=O) groups excluding carboxylic acids is 2. The van der Waals surface area contributed by atoms with Crippen LogP contribution < -0.4 is 10.2 Å². The molecule has 1 amide bonds. The standard InChI is InChI=1S/C19H23N5O2/c1-14(18(26)16-4-6-17(7-5-16)22-15(2)25)23-10-12-24(13-11-23)19-20-8-3-9-21-19/h3-9,14H,10-13H2,1-2H3,(H,22,25)/t14-/m0/s1. The largest absolute Gasteiger partial charge is 0.338 e. The van der Waals surface area contributed by atoms with Crippen molar-refractivity contribution in [1.29, 1.82) is 0 Å². The lowest BCUT2D eigenvalue weighted by Gasteiger charge is -2.37. The van der Waals surface area contributed by atoms with E-state index in [1.165, 1.54) is 6.92 Å². The van der Waals surface area contributed by atoms with Gasteiger partial charge in [0.25, 0.3) is 0 Å². The Labute approximate surface area is 153 Å². The lowest BCUT2D eigenvalue weighted by molar-refractivity contribution is -0.114. The van der Waals surface area contributed by atoms with Crippen molar-refractivity contribution < 1.29 is 9.59 Å². The highest BCUT2D eigenvalue weighted by atomic mass is 16.1. The molecule has 1 atom stereocenters. The predicted molar refractivity (Wildman–Crippen MR) is 100 cm³/mol. The Morgan fingerprint density at radius 1 is 1.04 bits per heavy atom. The van der Waals surface area contributed by atoms with Crippen molar-refractivity contribution in [2.24, 2.45) is 0 Å². The van der Waals surface area contributed by atoms with Crippen LogP contribution in [-0.2, 0) is 4.79 Å². The van der Waals surface area contributed by atoms with Gasteiger partial charge in [-0.25, -0.2) is 9.97 Å². The van der Waals surface area contributed by atoms with Gasteiger partial charge in [-0.3, -0.25) is 14.5 Å². The number of hydrogen-bond donors (Lipinski definition) is 1. The number of carbonyl (C=O) groups is 2. The van der Waals surface area contributed by atoms with Crippen molar-refractivity contribution in [2.45, 2.75) is 19.9 Å². The molecule has 1 N–H and O–H groups in total. The Bertz CT molecular complexity index is 755. The monoisotopic (exact) mass is 353 g/mol. The average Bonchev–Trinajstić information content (AvgIpc) is 2.68. The normalized spacial score (nSPS) is 16.2. The SMILES string of the molecule is CC(=O)Nc1ccc(C(=O)[C@H](C)N2CCN(c3ncccn3)CC2)cc1. The number of piperazine rings is 1. The molecule has 7 heteroatoms. The molecular formula is C19H23N5O2. The number of nitrogens with zero attached hydrogens (tertiary/aromatic N) is 4. The minimum atomic E-state index is -0.194. The molecule has 1 fully saturated rings. The molecule has 3 rings (SSSR count). The van der Waals surface area contributed by atoms with Gasteiger partial charge in [-0.2, -0.15) is 0 Å². The van der Waals surface area contributed by atoms with E-state index >= 15 is 0 Å². The highest BCUT2D eigenvalue weighted by molar-refractivity contribution is 6.00. The van der Waals surface area contributed by atoms with Gasteiger partial charge in [0.05, 0.1) is 6.04 Å². The molecule has 0 saturated carbocycles. The van der Waals surface area contributed by atoms with E-state index in [2.05, 4.69) is 25.1 Å². The molecule has 2 heterocycles. The smallest absolute Gasteiger partial charge is 0.225 e. The second kappa shape index (κ2) is 8.05. The van der Waals surface area contributed by atoms with Crippen LogP contribution in [0.25, 0.3) is 0 Å². The van der Waals surface area contributed by atoms with E-state index in [1.54, 1.807) is 42.7 Å². The maximum absolute atomic E-state index is 12.8. The highest BCUT2D eigenvalue weighted by Crippen LogP contribution is 2.16. The minimum absolute atomic E-state index is 0.0868. The van der Waals surface area contributed by atoms with Gasteiger partial charge in [-0.1, -0.05) is 0 Å². The Kier molecular flexibility index (Phi) is 5.58. The molecule has 26 heavy (non-hydrogen) atoms. The highest BCUT2D eigenvalue weighted by Gasteiger charge is 2.27. The van der Waals surface area contributed by atoms with Crippen LogP contribution in [0, 0.1) is 0 Å². The van der Waals surface area contributed by atoms with Gasteiger partial charge >= 0.3 is 0 Å². The van der Waals surface area contributed by atoms with Crippen LogP contribution in [-0.4, -0.2) is 58.8 Å². The maximum Gasteiger partial charge on any atom is 0.225 e. The maximum atomic E-state index is 12.8. The summed E-state index contributed by atoms with van der Waals surface area (Å²) >= 11 is 0. The zero-order valence-electron chi connectivity index (χ0n) is 15.1. The number of nitrogens with one attached hydrogen (secondary N) is 1. The van der Waals surface area contributed by atoms with Gasteiger partial charge in [-0.15, -0.1) is 0 Å². The second-order valence-electron chi connectivity index (χ2n) is 6.37. The molecular weight excluding hydrogens is 330 g/mol. The lowest BCUT2D eigenvalue weighted by atomic mass is 10.0. The molecule has 7 nitrogen and oxygen atoms in total. The van der Waals surface area contributed by atoms with E-state index in [0.29, 0.717) is 11.3 Å². The number of ketones is 1. The first-order chi connectivity index (χ1) is 12.5. The van der Waals surface area contributed by atoms with E-state index in [1.807, 2.05) is 6.92 Å².